The van der Waals surface area contributed by atoms with Gasteiger partial charge >= 0.3 is 0 Å². The van der Waals surface area contributed by atoms with E-state index >= 15 is 0 Å². The lowest BCUT2D eigenvalue weighted by atomic mass is 10.2. The zero-order chi connectivity index (χ0) is 19.9. The number of ether oxygens (including phenoxy) is 2. The van der Waals surface area contributed by atoms with Gasteiger partial charge in [0, 0.05) is 31.9 Å². The van der Waals surface area contributed by atoms with Gasteiger partial charge in [0.25, 0.3) is 0 Å². The Balaban J connectivity index is 1.50. The van der Waals surface area contributed by atoms with Gasteiger partial charge < -0.3 is 19.7 Å². The Hall–Kier alpha value is -2.73. The average molecular weight is 383 g/mol. The van der Waals surface area contributed by atoms with Crippen molar-refractivity contribution in [2.45, 2.75) is 20.0 Å². The molecular formula is C22H29N3O3. The van der Waals surface area contributed by atoms with Crippen molar-refractivity contribution >= 4 is 17.3 Å². The Labute approximate surface area is 167 Å². The van der Waals surface area contributed by atoms with Crippen LogP contribution in [0, 0.1) is 0 Å². The molecule has 0 aromatic heterocycles. The second-order valence-electron chi connectivity index (χ2n) is 7.17. The smallest absolute Gasteiger partial charge is 0.238 e. The van der Waals surface area contributed by atoms with Crippen molar-refractivity contribution in [3.8, 4) is 11.5 Å². The van der Waals surface area contributed by atoms with Crippen molar-refractivity contribution in [1.29, 1.82) is 0 Å². The SMILES string of the molecule is COc1ccc(N2CCN(CC(=O)Nc3ccccc3OC(C)C)CC2)cc1. The summed E-state index contributed by atoms with van der Waals surface area (Å²) < 4.78 is 11.0. The van der Waals surface area contributed by atoms with E-state index < -0.39 is 0 Å². The van der Waals surface area contributed by atoms with E-state index in [1.54, 1.807) is 7.11 Å². The molecule has 0 unspecified atom stereocenters. The molecule has 1 amide bonds. The number of para-hydroxylation sites is 2. The summed E-state index contributed by atoms with van der Waals surface area (Å²) in [4.78, 5) is 17.0. The van der Waals surface area contributed by atoms with E-state index in [0.717, 1.165) is 37.6 Å². The van der Waals surface area contributed by atoms with Gasteiger partial charge in [0.1, 0.15) is 11.5 Å². The second-order valence-corrected chi connectivity index (χ2v) is 7.17. The predicted octanol–water partition coefficient (Wildman–Crippen LogP) is 3.24. The van der Waals surface area contributed by atoms with Crippen LogP contribution in [-0.4, -0.2) is 56.7 Å². The molecule has 1 aliphatic heterocycles. The molecule has 0 bridgehead atoms. The van der Waals surface area contributed by atoms with Gasteiger partial charge in [0.05, 0.1) is 25.4 Å². The molecule has 3 rings (SSSR count). The highest BCUT2D eigenvalue weighted by molar-refractivity contribution is 5.93. The molecule has 1 N–H and O–H groups in total. The van der Waals surface area contributed by atoms with Gasteiger partial charge in [-0.2, -0.15) is 0 Å². The number of benzene rings is 2. The predicted molar refractivity (Wildman–Crippen MR) is 112 cm³/mol. The highest BCUT2D eigenvalue weighted by Crippen LogP contribution is 2.25. The van der Waals surface area contributed by atoms with E-state index in [2.05, 4.69) is 27.2 Å². The van der Waals surface area contributed by atoms with Crippen LogP contribution >= 0.6 is 0 Å². The molecule has 28 heavy (non-hydrogen) atoms. The van der Waals surface area contributed by atoms with E-state index in [9.17, 15) is 4.79 Å². The number of hydrogen-bond acceptors (Lipinski definition) is 5. The van der Waals surface area contributed by atoms with Crippen molar-refractivity contribution in [3.05, 3.63) is 48.5 Å². The molecule has 1 heterocycles. The first-order valence-corrected chi connectivity index (χ1v) is 9.72. The Morgan fingerprint density at radius 2 is 1.71 bits per heavy atom. The Kier molecular flexibility index (Phi) is 6.76. The van der Waals surface area contributed by atoms with E-state index in [1.165, 1.54) is 5.69 Å². The molecule has 1 saturated heterocycles. The van der Waals surface area contributed by atoms with Crippen LogP contribution in [-0.2, 0) is 4.79 Å². The highest BCUT2D eigenvalue weighted by Gasteiger charge is 2.20. The molecule has 150 valence electrons. The lowest BCUT2D eigenvalue weighted by molar-refractivity contribution is -0.117. The number of carbonyl (C=O) groups is 1. The molecule has 1 aliphatic rings. The van der Waals surface area contributed by atoms with E-state index in [1.807, 2.05) is 50.2 Å². The zero-order valence-corrected chi connectivity index (χ0v) is 16.9. The monoisotopic (exact) mass is 383 g/mol. The molecular weight excluding hydrogens is 354 g/mol. The maximum atomic E-state index is 12.5. The molecule has 2 aromatic carbocycles. The second kappa shape index (κ2) is 9.46. The lowest BCUT2D eigenvalue weighted by Gasteiger charge is -2.35. The van der Waals surface area contributed by atoms with E-state index in [0.29, 0.717) is 12.3 Å². The Bertz CT molecular complexity index is 769. The van der Waals surface area contributed by atoms with Crippen LogP contribution in [0.1, 0.15) is 13.8 Å². The number of carbonyl (C=O) groups excluding carboxylic acids is 1. The van der Waals surface area contributed by atoms with Gasteiger partial charge in [-0.1, -0.05) is 12.1 Å². The van der Waals surface area contributed by atoms with Gasteiger partial charge in [0.15, 0.2) is 0 Å². The van der Waals surface area contributed by atoms with Crippen molar-refractivity contribution in [2.75, 3.05) is 50.1 Å². The van der Waals surface area contributed by atoms with Crippen molar-refractivity contribution < 1.29 is 14.3 Å². The summed E-state index contributed by atoms with van der Waals surface area (Å²) in [6.07, 6.45) is 0.0593. The molecule has 6 nitrogen and oxygen atoms in total. The number of piperazine rings is 1. The fourth-order valence-electron chi connectivity index (χ4n) is 3.28. The lowest BCUT2D eigenvalue weighted by Crippen LogP contribution is -2.48. The standard InChI is InChI=1S/C22H29N3O3/c1-17(2)28-21-7-5-4-6-20(21)23-22(26)16-24-12-14-25(15-13-24)18-8-10-19(27-3)11-9-18/h4-11,17H,12-16H2,1-3H3,(H,23,26). The quantitative estimate of drug-likeness (QED) is 0.795. The Morgan fingerprint density at radius 3 is 2.36 bits per heavy atom. The maximum absolute atomic E-state index is 12.5. The summed E-state index contributed by atoms with van der Waals surface area (Å²) >= 11 is 0. The normalized spacial score (nSPS) is 14.8. The van der Waals surface area contributed by atoms with E-state index in [-0.39, 0.29) is 12.0 Å². The first kappa shape index (κ1) is 20.0. The molecule has 2 aromatic rings. The first-order valence-electron chi connectivity index (χ1n) is 9.72. The minimum Gasteiger partial charge on any atom is -0.497 e. The molecule has 0 saturated carbocycles. The van der Waals surface area contributed by atoms with Crippen LogP contribution in [0.5, 0.6) is 11.5 Å². The van der Waals surface area contributed by atoms with Crippen LogP contribution in [0.2, 0.25) is 0 Å². The van der Waals surface area contributed by atoms with Gasteiger partial charge in [0.2, 0.25) is 5.91 Å². The average Bonchev–Trinajstić information content (AvgIpc) is 2.70. The van der Waals surface area contributed by atoms with Crippen LogP contribution in [0.15, 0.2) is 48.5 Å². The first-order chi connectivity index (χ1) is 13.5. The largest absolute Gasteiger partial charge is 0.497 e. The fourth-order valence-corrected chi connectivity index (χ4v) is 3.28. The topological polar surface area (TPSA) is 54.0 Å². The minimum absolute atomic E-state index is 0.0160. The number of methoxy groups -OCH3 is 1. The number of hydrogen-bond donors (Lipinski definition) is 1. The number of amides is 1. The minimum atomic E-state index is -0.0160. The number of rotatable bonds is 7. The summed E-state index contributed by atoms with van der Waals surface area (Å²) in [5.74, 6) is 1.55. The van der Waals surface area contributed by atoms with Gasteiger partial charge in [-0.3, -0.25) is 9.69 Å². The molecule has 0 radical (unpaired) electrons. The summed E-state index contributed by atoms with van der Waals surface area (Å²) in [6, 6.07) is 15.7. The van der Waals surface area contributed by atoms with Crippen molar-refractivity contribution in [1.82, 2.24) is 4.90 Å². The molecule has 0 spiro atoms. The third kappa shape index (κ3) is 5.39. The zero-order valence-electron chi connectivity index (χ0n) is 16.9. The van der Waals surface area contributed by atoms with Crippen molar-refractivity contribution in [2.24, 2.45) is 0 Å². The third-order valence-electron chi connectivity index (χ3n) is 4.70. The van der Waals surface area contributed by atoms with Crippen LogP contribution < -0.4 is 19.7 Å². The molecule has 0 atom stereocenters. The highest BCUT2D eigenvalue weighted by atomic mass is 16.5. The van der Waals surface area contributed by atoms with E-state index in [4.69, 9.17) is 9.47 Å². The molecule has 6 heteroatoms. The van der Waals surface area contributed by atoms with Gasteiger partial charge in [-0.15, -0.1) is 0 Å². The van der Waals surface area contributed by atoms with Crippen molar-refractivity contribution in [3.63, 3.8) is 0 Å². The number of nitrogens with one attached hydrogen (secondary N) is 1. The van der Waals surface area contributed by atoms with Crippen LogP contribution in [0.3, 0.4) is 0 Å². The third-order valence-corrected chi connectivity index (χ3v) is 4.70. The summed E-state index contributed by atoms with van der Waals surface area (Å²) in [5, 5.41) is 2.99. The summed E-state index contributed by atoms with van der Waals surface area (Å²) in [7, 11) is 1.67. The summed E-state index contributed by atoms with van der Waals surface area (Å²) in [5.41, 5.74) is 1.91. The Morgan fingerprint density at radius 1 is 1.04 bits per heavy atom. The van der Waals surface area contributed by atoms with Gasteiger partial charge in [-0.25, -0.2) is 0 Å². The van der Waals surface area contributed by atoms with Crippen LogP contribution in [0.4, 0.5) is 11.4 Å². The maximum Gasteiger partial charge on any atom is 0.238 e. The summed E-state index contributed by atoms with van der Waals surface area (Å²) in [6.45, 7) is 7.82. The number of anilines is 2. The molecule has 0 aliphatic carbocycles. The molecule has 1 fully saturated rings. The van der Waals surface area contributed by atoms with Crippen LogP contribution in [0.25, 0.3) is 0 Å². The fraction of sp³-hybridized carbons (Fsp3) is 0.409. The van der Waals surface area contributed by atoms with Gasteiger partial charge in [-0.05, 0) is 50.2 Å². The number of nitrogens with zero attached hydrogens (tertiary/aromatic N) is 2.